The third-order valence-corrected chi connectivity index (χ3v) is 3.09. The second-order valence-corrected chi connectivity index (χ2v) is 4.30. The molecule has 0 fully saturated rings. The second-order valence-electron chi connectivity index (χ2n) is 4.30. The molecule has 0 unspecified atom stereocenters. The van der Waals surface area contributed by atoms with Gasteiger partial charge < -0.3 is 5.73 Å². The first kappa shape index (κ1) is 12.9. The summed E-state index contributed by atoms with van der Waals surface area (Å²) in [6.45, 7) is 7.09. The molecule has 0 aliphatic carbocycles. The zero-order valence-corrected chi connectivity index (χ0v) is 11.1. The van der Waals surface area contributed by atoms with Crippen LogP contribution in [0.2, 0.25) is 0 Å². The van der Waals surface area contributed by atoms with Gasteiger partial charge in [-0.05, 0) is 33.3 Å². The molecule has 0 bridgehead atoms. The normalized spacial score (nSPS) is 10.7. The van der Waals surface area contributed by atoms with Crippen molar-refractivity contribution in [3.63, 3.8) is 0 Å². The van der Waals surface area contributed by atoms with E-state index < -0.39 is 4.92 Å². The zero-order valence-electron chi connectivity index (χ0n) is 11.1. The van der Waals surface area contributed by atoms with Gasteiger partial charge in [0.15, 0.2) is 0 Å². The Morgan fingerprint density at radius 1 is 1.16 bits per heavy atom. The van der Waals surface area contributed by atoms with Crippen molar-refractivity contribution >= 4 is 11.6 Å². The number of nitrogen functional groups attached to an aromatic ring is 1. The van der Waals surface area contributed by atoms with Crippen molar-refractivity contribution in [1.82, 2.24) is 19.7 Å². The number of rotatable bonds is 2. The molecule has 0 radical (unpaired) electrons. The number of hydrogen-bond donors (Lipinski definition) is 1. The summed E-state index contributed by atoms with van der Waals surface area (Å²) in [6, 6.07) is 0. The van der Waals surface area contributed by atoms with Crippen LogP contribution < -0.4 is 5.73 Å². The fourth-order valence-corrected chi connectivity index (χ4v) is 1.86. The Kier molecular flexibility index (Phi) is 2.93. The van der Waals surface area contributed by atoms with Gasteiger partial charge >= 0.3 is 5.69 Å². The van der Waals surface area contributed by atoms with E-state index in [1.165, 1.54) is 11.6 Å². The molecule has 0 aromatic carbocycles. The average Bonchev–Trinajstić information content (AvgIpc) is 2.55. The van der Waals surface area contributed by atoms with Gasteiger partial charge in [0.05, 0.1) is 10.6 Å². The second kappa shape index (κ2) is 4.30. The third kappa shape index (κ3) is 2.01. The van der Waals surface area contributed by atoms with Crippen LogP contribution in [0.1, 0.15) is 22.6 Å². The lowest BCUT2D eigenvalue weighted by Crippen LogP contribution is -2.11. The Morgan fingerprint density at radius 3 is 2.26 bits per heavy atom. The molecule has 2 heterocycles. The van der Waals surface area contributed by atoms with Gasteiger partial charge in [-0.25, -0.2) is 9.67 Å². The Hall–Kier alpha value is -2.51. The van der Waals surface area contributed by atoms with E-state index in [0.717, 1.165) is 17.0 Å². The summed E-state index contributed by atoms with van der Waals surface area (Å²) in [5, 5.41) is 15.4. The lowest BCUT2D eigenvalue weighted by Gasteiger charge is -2.07. The summed E-state index contributed by atoms with van der Waals surface area (Å²) in [6.07, 6.45) is 0. The Labute approximate surface area is 109 Å². The van der Waals surface area contributed by atoms with Crippen LogP contribution in [0.25, 0.3) is 5.82 Å². The summed E-state index contributed by atoms with van der Waals surface area (Å²) >= 11 is 0. The van der Waals surface area contributed by atoms with E-state index in [4.69, 9.17) is 5.73 Å². The minimum Gasteiger partial charge on any atom is -0.368 e. The van der Waals surface area contributed by atoms with Gasteiger partial charge in [0.1, 0.15) is 5.69 Å². The van der Waals surface area contributed by atoms with Crippen LogP contribution in [0, 0.1) is 37.8 Å². The molecule has 0 amide bonds. The largest absolute Gasteiger partial charge is 0.368 e. The molecule has 2 aromatic rings. The van der Waals surface area contributed by atoms with Crippen molar-refractivity contribution in [2.75, 3.05) is 5.73 Å². The standard InChI is InChI=1S/C11H14N6O2/c1-5-6(2)15-16(8(5)4)10-9(17(18)19)7(3)13-11(12)14-10/h1-4H3,(H2,12,13,14). The molecule has 0 atom stereocenters. The van der Waals surface area contributed by atoms with Gasteiger partial charge in [-0.1, -0.05) is 0 Å². The predicted octanol–water partition coefficient (Wildman–Crippen LogP) is 1.39. The molecule has 0 spiro atoms. The molecule has 2 aromatic heterocycles. The molecule has 8 nitrogen and oxygen atoms in total. The highest BCUT2D eigenvalue weighted by Crippen LogP contribution is 2.26. The molecule has 0 saturated heterocycles. The molecule has 100 valence electrons. The first-order valence-corrected chi connectivity index (χ1v) is 5.64. The molecule has 2 N–H and O–H groups in total. The quantitative estimate of drug-likeness (QED) is 0.646. The zero-order chi connectivity index (χ0) is 14.3. The molecule has 2 rings (SSSR count). The van der Waals surface area contributed by atoms with Crippen molar-refractivity contribution in [2.24, 2.45) is 0 Å². The summed E-state index contributed by atoms with van der Waals surface area (Å²) in [7, 11) is 0. The molecule has 0 aliphatic rings. The number of hydrogen-bond acceptors (Lipinski definition) is 6. The molecule has 19 heavy (non-hydrogen) atoms. The molecular weight excluding hydrogens is 248 g/mol. The first-order valence-electron chi connectivity index (χ1n) is 5.64. The van der Waals surface area contributed by atoms with E-state index in [9.17, 15) is 10.1 Å². The fourth-order valence-electron chi connectivity index (χ4n) is 1.86. The molecular formula is C11H14N6O2. The maximum absolute atomic E-state index is 11.2. The lowest BCUT2D eigenvalue weighted by atomic mass is 10.2. The van der Waals surface area contributed by atoms with Crippen LogP contribution in [0.15, 0.2) is 0 Å². The van der Waals surface area contributed by atoms with E-state index in [1.54, 1.807) is 0 Å². The van der Waals surface area contributed by atoms with Gasteiger partial charge in [-0.2, -0.15) is 10.1 Å². The minimum atomic E-state index is -0.518. The smallest absolute Gasteiger partial charge is 0.334 e. The van der Waals surface area contributed by atoms with E-state index >= 15 is 0 Å². The van der Waals surface area contributed by atoms with E-state index in [0.29, 0.717) is 0 Å². The van der Waals surface area contributed by atoms with Crippen LogP contribution in [-0.4, -0.2) is 24.7 Å². The van der Waals surface area contributed by atoms with Crippen molar-refractivity contribution in [1.29, 1.82) is 0 Å². The Balaban J connectivity index is 2.81. The van der Waals surface area contributed by atoms with Crippen molar-refractivity contribution in [3.05, 3.63) is 32.8 Å². The number of nitrogens with two attached hydrogens (primary N) is 1. The third-order valence-electron chi connectivity index (χ3n) is 3.09. The van der Waals surface area contributed by atoms with E-state index in [2.05, 4.69) is 15.1 Å². The van der Waals surface area contributed by atoms with Gasteiger partial charge in [-0.15, -0.1) is 0 Å². The van der Waals surface area contributed by atoms with Crippen molar-refractivity contribution in [2.45, 2.75) is 27.7 Å². The highest BCUT2D eigenvalue weighted by Gasteiger charge is 2.25. The predicted molar refractivity (Wildman–Crippen MR) is 69.2 cm³/mol. The van der Waals surface area contributed by atoms with Gasteiger partial charge in [0.2, 0.25) is 11.8 Å². The molecule has 8 heteroatoms. The number of nitro groups is 1. The summed E-state index contributed by atoms with van der Waals surface area (Å²) in [5.74, 6) is 0.0898. The summed E-state index contributed by atoms with van der Waals surface area (Å²) in [4.78, 5) is 18.4. The van der Waals surface area contributed by atoms with Crippen LogP contribution in [-0.2, 0) is 0 Å². The topological polar surface area (TPSA) is 113 Å². The maximum atomic E-state index is 11.2. The lowest BCUT2D eigenvalue weighted by molar-refractivity contribution is -0.385. The summed E-state index contributed by atoms with van der Waals surface area (Å²) in [5.41, 5.74) is 8.16. The highest BCUT2D eigenvalue weighted by atomic mass is 16.6. The first-order chi connectivity index (χ1) is 8.82. The number of nitrogens with zero attached hydrogens (tertiary/aromatic N) is 5. The van der Waals surface area contributed by atoms with Gasteiger partial charge in [0.25, 0.3) is 0 Å². The molecule has 0 saturated carbocycles. The average molecular weight is 262 g/mol. The molecule has 0 aliphatic heterocycles. The summed E-state index contributed by atoms with van der Waals surface area (Å²) < 4.78 is 1.44. The van der Waals surface area contributed by atoms with Crippen LogP contribution >= 0.6 is 0 Å². The minimum absolute atomic E-state index is 0.0108. The maximum Gasteiger partial charge on any atom is 0.334 e. The SMILES string of the molecule is Cc1nn(-c2nc(N)nc(C)c2[N+](=O)[O-])c(C)c1C. The van der Waals surface area contributed by atoms with E-state index in [1.807, 2.05) is 20.8 Å². The number of aromatic nitrogens is 4. The monoisotopic (exact) mass is 262 g/mol. The van der Waals surface area contributed by atoms with Crippen molar-refractivity contribution < 1.29 is 4.92 Å². The number of aryl methyl sites for hydroxylation is 2. The highest BCUT2D eigenvalue weighted by molar-refractivity contribution is 5.53. The fraction of sp³-hybridized carbons (Fsp3) is 0.364. The Morgan fingerprint density at radius 2 is 1.79 bits per heavy atom. The van der Waals surface area contributed by atoms with Crippen LogP contribution in [0.4, 0.5) is 11.6 Å². The van der Waals surface area contributed by atoms with E-state index in [-0.39, 0.29) is 23.1 Å². The number of anilines is 1. The van der Waals surface area contributed by atoms with Crippen molar-refractivity contribution in [3.8, 4) is 5.82 Å². The van der Waals surface area contributed by atoms with Gasteiger partial charge in [0, 0.05) is 5.69 Å². The Bertz CT molecular complexity index is 676. The van der Waals surface area contributed by atoms with Crippen LogP contribution in [0.5, 0.6) is 0 Å². The van der Waals surface area contributed by atoms with Crippen LogP contribution in [0.3, 0.4) is 0 Å². The van der Waals surface area contributed by atoms with Gasteiger partial charge in [-0.3, -0.25) is 10.1 Å².